The molecule has 5 heteroatoms. The van der Waals surface area contributed by atoms with E-state index in [0.29, 0.717) is 6.42 Å². The predicted molar refractivity (Wildman–Crippen MR) is 77.6 cm³/mol. The van der Waals surface area contributed by atoms with Crippen LogP contribution in [0, 0.1) is 6.92 Å². The van der Waals surface area contributed by atoms with Gasteiger partial charge in [0.1, 0.15) is 5.75 Å². The highest BCUT2D eigenvalue weighted by Crippen LogP contribution is 2.38. The number of carboxylic acids is 1. The third kappa shape index (κ3) is 3.20. The van der Waals surface area contributed by atoms with Crippen molar-refractivity contribution in [3.63, 3.8) is 0 Å². The maximum absolute atomic E-state index is 12.3. The number of hydrogen-bond acceptors (Lipinski definition) is 3. The first kappa shape index (κ1) is 15.0. The second kappa shape index (κ2) is 5.95. The number of aryl methyl sites for hydroxylation is 1. The van der Waals surface area contributed by atoms with Gasteiger partial charge < -0.3 is 5.11 Å². The molecular formula is C15H20O4S. The first-order chi connectivity index (χ1) is 9.42. The maximum Gasteiger partial charge on any atom is 0.318 e. The van der Waals surface area contributed by atoms with E-state index in [2.05, 4.69) is 0 Å². The Morgan fingerprint density at radius 3 is 2.55 bits per heavy atom. The van der Waals surface area contributed by atoms with Crippen molar-refractivity contribution in [3.8, 4) is 0 Å². The van der Waals surface area contributed by atoms with Crippen LogP contribution in [0.3, 0.4) is 0 Å². The molecule has 0 heterocycles. The van der Waals surface area contributed by atoms with Crippen LogP contribution in [0.1, 0.15) is 42.7 Å². The molecule has 2 atom stereocenters. The third-order valence-electron chi connectivity index (χ3n) is 4.08. The van der Waals surface area contributed by atoms with E-state index in [1.165, 1.54) is 0 Å². The highest BCUT2D eigenvalue weighted by atomic mass is 32.2. The zero-order valence-corrected chi connectivity index (χ0v) is 12.4. The molecule has 0 unspecified atom stereocenters. The van der Waals surface area contributed by atoms with Crippen molar-refractivity contribution >= 4 is 15.8 Å². The van der Waals surface area contributed by atoms with Gasteiger partial charge in [-0.05, 0) is 30.9 Å². The molecule has 1 aliphatic rings. The second-order valence-corrected chi connectivity index (χ2v) is 7.71. The highest BCUT2D eigenvalue weighted by Gasteiger charge is 2.37. The Bertz CT molecular complexity index is 592. The summed E-state index contributed by atoms with van der Waals surface area (Å²) < 4.78 is 24.6. The fourth-order valence-corrected chi connectivity index (χ4v) is 5.03. The largest absolute Gasteiger partial charge is 0.480 e. The Kier molecular flexibility index (Phi) is 4.48. The van der Waals surface area contributed by atoms with Gasteiger partial charge in [-0.25, -0.2) is 8.42 Å². The minimum atomic E-state index is -3.60. The lowest BCUT2D eigenvalue weighted by molar-refractivity contribution is -0.134. The fourth-order valence-electron chi connectivity index (χ4n) is 3.16. The van der Waals surface area contributed by atoms with Gasteiger partial charge in [0.25, 0.3) is 0 Å². The van der Waals surface area contributed by atoms with E-state index < -0.39 is 26.8 Å². The van der Waals surface area contributed by atoms with Crippen LogP contribution in [-0.4, -0.2) is 30.5 Å². The summed E-state index contributed by atoms with van der Waals surface area (Å²) in [5, 5.41) is 8.25. The molecule has 0 spiro atoms. The van der Waals surface area contributed by atoms with Gasteiger partial charge in [0, 0.05) is 5.92 Å². The van der Waals surface area contributed by atoms with Crippen molar-refractivity contribution in [2.75, 3.05) is 5.75 Å². The Balaban J connectivity index is 2.35. The Morgan fingerprint density at radius 2 is 1.90 bits per heavy atom. The van der Waals surface area contributed by atoms with E-state index in [4.69, 9.17) is 5.11 Å². The minimum absolute atomic E-state index is 0.0747. The molecule has 1 fully saturated rings. The van der Waals surface area contributed by atoms with Crippen molar-refractivity contribution in [3.05, 3.63) is 35.4 Å². The molecule has 0 radical (unpaired) electrons. The lowest BCUT2D eigenvalue weighted by atomic mass is 9.82. The lowest BCUT2D eigenvalue weighted by Gasteiger charge is -2.32. The van der Waals surface area contributed by atoms with Crippen molar-refractivity contribution in [1.29, 1.82) is 0 Å². The molecule has 1 aromatic rings. The molecule has 1 aromatic carbocycles. The summed E-state index contributed by atoms with van der Waals surface area (Å²) in [7, 11) is -3.60. The highest BCUT2D eigenvalue weighted by molar-refractivity contribution is 7.92. The second-order valence-electron chi connectivity index (χ2n) is 5.49. The Labute approximate surface area is 119 Å². The average Bonchev–Trinajstić information content (AvgIpc) is 2.38. The monoisotopic (exact) mass is 296 g/mol. The van der Waals surface area contributed by atoms with Crippen molar-refractivity contribution in [1.82, 2.24) is 0 Å². The normalized spacial score (nSPS) is 23.4. The molecule has 1 aliphatic carbocycles. The van der Waals surface area contributed by atoms with Gasteiger partial charge in [0.15, 0.2) is 9.84 Å². The quantitative estimate of drug-likeness (QED) is 0.926. The molecule has 0 aromatic heterocycles. The molecule has 4 nitrogen and oxygen atoms in total. The average molecular weight is 296 g/mol. The molecule has 1 N–H and O–H groups in total. The molecule has 2 rings (SSSR count). The smallest absolute Gasteiger partial charge is 0.318 e. The van der Waals surface area contributed by atoms with Crippen molar-refractivity contribution < 1.29 is 18.3 Å². The summed E-state index contributed by atoms with van der Waals surface area (Å²) in [6, 6.07) is 7.79. The molecule has 20 heavy (non-hydrogen) atoms. The fraction of sp³-hybridized carbons (Fsp3) is 0.533. The number of sulfone groups is 1. The van der Waals surface area contributed by atoms with Gasteiger partial charge in [-0.15, -0.1) is 0 Å². The zero-order valence-electron chi connectivity index (χ0n) is 11.6. The third-order valence-corrected chi connectivity index (χ3v) is 6.21. The Morgan fingerprint density at radius 1 is 1.25 bits per heavy atom. The van der Waals surface area contributed by atoms with E-state index in [1.54, 1.807) is 0 Å². The summed E-state index contributed by atoms with van der Waals surface area (Å²) in [6.07, 6.45) is 3.23. The number of hydrogen-bond donors (Lipinski definition) is 1. The number of carbonyl (C=O) groups is 1. The van der Waals surface area contributed by atoms with Crippen LogP contribution in [0.5, 0.6) is 0 Å². The van der Waals surface area contributed by atoms with E-state index >= 15 is 0 Å². The number of carboxylic acid groups (broad SMARTS) is 1. The van der Waals surface area contributed by atoms with E-state index in [0.717, 1.165) is 30.4 Å². The van der Waals surface area contributed by atoms with Crippen LogP contribution in [0.15, 0.2) is 24.3 Å². The first-order valence-electron chi connectivity index (χ1n) is 6.90. The summed E-state index contributed by atoms with van der Waals surface area (Å²) in [4.78, 5) is 10.8. The van der Waals surface area contributed by atoms with E-state index in [-0.39, 0.29) is 5.92 Å². The predicted octanol–water partition coefficient (Wildman–Crippen LogP) is 2.52. The molecule has 0 amide bonds. The minimum Gasteiger partial charge on any atom is -0.480 e. The van der Waals surface area contributed by atoms with Crippen LogP contribution < -0.4 is 0 Å². The van der Waals surface area contributed by atoms with Crippen molar-refractivity contribution in [2.24, 2.45) is 0 Å². The zero-order chi connectivity index (χ0) is 14.8. The van der Waals surface area contributed by atoms with Crippen LogP contribution >= 0.6 is 0 Å². The van der Waals surface area contributed by atoms with Gasteiger partial charge in [0.2, 0.25) is 0 Å². The van der Waals surface area contributed by atoms with Crippen molar-refractivity contribution in [2.45, 2.75) is 43.8 Å². The molecule has 0 aliphatic heterocycles. The number of rotatable bonds is 4. The summed E-state index contributed by atoms with van der Waals surface area (Å²) >= 11 is 0. The Hall–Kier alpha value is -1.36. The standard InChI is InChI=1S/C15H20O4S/c1-11-6-2-3-7-12(11)13-8-4-5-9-14(13)20(18,19)10-15(16)17/h2-3,6-7,13-14H,4-5,8-10H2,1H3,(H,16,17)/t13-,14+/m1/s1. The molecule has 0 bridgehead atoms. The van der Waals surface area contributed by atoms with Crippen LogP contribution in [-0.2, 0) is 14.6 Å². The van der Waals surface area contributed by atoms with Crippen LogP contribution in [0.2, 0.25) is 0 Å². The van der Waals surface area contributed by atoms with Gasteiger partial charge in [0.05, 0.1) is 5.25 Å². The summed E-state index contributed by atoms with van der Waals surface area (Å²) in [5.41, 5.74) is 2.13. The van der Waals surface area contributed by atoms with Gasteiger partial charge in [-0.2, -0.15) is 0 Å². The topological polar surface area (TPSA) is 71.4 Å². The molecular weight excluding hydrogens is 276 g/mol. The maximum atomic E-state index is 12.3. The SMILES string of the molecule is Cc1ccccc1[C@H]1CCCC[C@@H]1S(=O)(=O)CC(=O)O. The summed E-state index contributed by atoms with van der Waals surface area (Å²) in [5.74, 6) is -2.10. The van der Waals surface area contributed by atoms with Gasteiger partial charge in [-0.3, -0.25) is 4.79 Å². The van der Waals surface area contributed by atoms with Gasteiger partial charge >= 0.3 is 5.97 Å². The summed E-state index contributed by atoms with van der Waals surface area (Å²) in [6.45, 7) is 1.98. The van der Waals surface area contributed by atoms with E-state index in [9.17, 15) is 13.2 Å². The van der Waals surface area contributed by atoms with Crippen LogP contribution in [0.4, 0.5) is 0 Å². The molecule has 110 valence electrons. The first-order valence-corrected chi connectivity index (χ1v) is 8.62. The van der Waals surface area contributed by atoms with Gasteiger partial charge in [-0.1, -0.05) is 37.1 Å². The lowest BCUT2D eigenvalue weighted by Crippen LogP contribution is -2.35. The van der Waals surface area contributed by atoms with E-state index in [1.807, 2.05) is 31.2 Å². The number of aliphatic carboxylic acids is 1. The van der Waals surface area contributed by atoms with Crippen LogP contribution in [0.25, 0.3) is 0 Å². The number of benzene rings is 1. The molecule has 1 saturated carbocycles. The molecule has 0 saturated heterocycles.